The molecule has 108 valence electrons. The molecule has 0 heterocycles. The number of aliphatic hydroxyl groups excluding tert-OH is 1. The molecule has 5 heteroatoms. The first kappa shape index (κ1) is 16.7. The van der Waals surface area contributed by atoms with Gasteiger partial charge in [-0.15, -0.1) is 0 Å². The third-order valence-corrected chi connectivity index (χ3v) is 3.32. The molecule has 1 rings (SSSR count). The molecule has 1 N–H and O–H groups in total. The first-order chi connectivity index (χ1) is 8.88. The van der Waals surface area contributed by atoms with Crippen molar-refractivity contribution in [2.45, 2.75) is 32.6 Å². The van der Waals surface area contributed by atoms with Crippen LogP contribution in [0, 0.1) is 0 Å². The Bertz CT molecular complexity index is 399. The largest absolute Gasteiger partial charge is 0.389 e. The van der Waals surface area contributed by atoms with E-state index < -0.39 is 6.10 Å². The standard InChI is InChI=1S/C14H21Cl2NO2/c1-10(2)19-9-12(18)8-17(3)7-11-4-5-13(15)14(16)6-11/h4-6,10,12,18H,7-9H2,1-3H3. The van der Waals surface area contributed by atoms with Crippen LogP contribution in [0.2, 0.25) is 10.0 Å². The molecule has 0 saturated heterocycles. The van der Waals surface area contributed by atoms with Crippen LogP contribution in [0.15, 0.2) is 18.2 Å². The smallest absolute Gasteiger partial charge is 0.0900 e. The molecule has 0 aliphatic rings. The number of halogens is 2. The fourth-order valence-electron chi connectivity index (χ4n) is 1.73. The van der Waals surface area contributed by atoms with E-state index in [0.29, 0.717) is 29.7 Å². The molecule has 19 heavy (non-hydrogen) atoms. The van der Waals surface area contributed by atoms with E-state index in [0.717, 1.165) is 5.56 Å². The monoisotopic (exact) mass is 305 g/mol. The highest BCUT2D eigenvalue weighted by Crippen LogP contribution is 2.23. The molecule has 1 atom stereocenters. The Balaban J connectivity index is 2.41. The molecule has 0 bridgehead atoms. The van der Waals surface area contributed by atoms with E-state index in [9.17, 15) is 5.11 Å². The van der Waals surface area contributed by atoms with Crippen LogP contribution in [0.5, 0.6) is 0 Å². The van der Waals surface area contributed by atoms with Crippen molar-refractivity contribution < 1.29 is 9.84 Å². The lowest BCUT2D eigenvalue weighted by molar-refractivity contribution is -0.00634. The van der Waals surface area contributed by atoms with E-state index in [1.807, 2.05) is 37.9 Å². The minimum absolute atomic E-state index is 0.134. The summed E-state index contributed by atoms with van der Waals surface area (Å²) in [5.74, 6) is 0. The quantitative estimate of drug-likeness (QED) is 0.839. The first-order valence-corrected chi connectivity index (χ1v) is 7.06. The number of likely N-dealkylation sites (N-methyl/N-ethyl adjacent to an activating group) is 1. The number of hydrogen-bond donors (Lipinski definition) is 1. The van der Waals surface area contributed by atoms with Crippen molar-refractivity contribution in [1.29, 1.82) is 0 Å². The van der Waals surface area contributed by atoms with E-state index in [4.69, 9.17) is 27.9 Å². The zero-order chi connectivity index (χ0) is 14.4. The van der Waals surface area contributed by atoms with Gasteiger partial charge in [0.15, 0.2) is 0 Å². The second-order valence-electron chi connectivity index (χ2n) is 4.98. The summed E-state index contributed by atoms with van der Waals surface area (Å²) in [7, 11) is 1.95. The Labute approximate surface area is 125 Å². The molecule has 0 saturated carbocycles. The van der Waals surface area contributed by atoms with Gasteiger partial charge in [-0.05, 0) is 38.6 Å². The highest BCUT2D eigenvalue weighted by atomic mass is 35.5. The Morgan fingerprint density at radius 2 is 1.95 bits per heavy atom. The van der Waals surface area contributed by atoms with Crippen LogP contribution < -0.4 is 0 Å². The minimum Gasteiger partial charge on any atom is -0.389 e. The van der Waals surface area contributed by atoms with Crippen LogP contribution in [0.4, 0.5) is 0 Å². The Kier molecular flexibility index (Phi) is 7.11. The molecule has 0 aromatic heterocycles. The minimum atomic E-state index is -0.491. The molecule has 3 nitrogen and oxygen atoms in total. The lowest BCUT2D eigenvalue weighted by Crippen LogP contribution is -2.32. The fraction of sp³-hybridized carbons (Fsp3) is 0.571. The molecular weight excluding hydrogens is 285 g/mol. The van der Waals surface area contributed by atoms with E-state index in [-0.39, 0.29) is 6.10 Å². The van der Waals surface area contributed by atoms with Crippen molar-refractivity contribution in [3.05, 3.63) is 33.8 Å². The molecule has 1 aromatic rings. The van der Waals surface area contributed by atoms with Gasteiger partial charge in [-0.3, -0.25) is 4.90 Å². The van der Waals surface area contributed by atoms with Crippen LogP contribution in [0.1, 0.15) is 19.4 Å². The zero-order valence-electron chi connectivity index (χ0n) is 11.6. The van der Waals surface area contributed by atoms with Gasteiger partial charge in [-0.2, -0.15) is 0 Å². The van der Waals surface area contributed by atoms with Crippen LogP contribution in [0.25, 0.3) is 0 Å². The summed E-state index contributed by atoms with van der Waals surface area (Å²) in [6.45, 7) is 5.50. The van der Waals surface area contributed by atoms with Crippen LogP contribution >= 0.6 is 23.2 Å². The topological polar surface area (TPSA) is 32.7 Å². The number of rotatable bonds is 7. The number of aliphatic hydroxyl groups is 1. The molecule has 0 fully saturated rings. The van der Waals surface area contributed by atoms with Gasteiger partial charge in [0.25, 0.3) is 0 Å². The van der Waals surface area contributed by atoms with Gasteiger partial charge in [0.2, 0.25) is 0 Å². The highest BCUT2D eigenvalue weighted by Gasteiger charge is 2.10. The van der Waals surface area contributed by atoms with E-state index in [1.54, 1.807) is 6.07 Å². The second kappa shape index (κ2) is 8.08. The first-order valence-electron chi connectivity index (χ1n) is 6.30. The number of benzene rings is 1. The lowest BCUT2D eigenvalue weighted by atomic mass is 10.2. The van der Waals surface area contributed by atoms with Crippen molar-refractivity contribution in [2.24, 2.45) is 0 Å². The van der Waals surface area contributed by atoms with Crippen molar-refractivity contribution in [2.75, 3.05) is 20.2 Å². The maximum absolute atomic E-state index is 9.83. The van der Waals surface area contributed by atoms with E-state index in [2.05, 4.69) is 0 Å². The molecule has 0 radical (unpaired) electrons. The number of ether oxygens (including phenoxy) is 1. The van der Waals surface area contributed by atoms with Gasteiger partial charge in [-0.25, -0.2) is 0 Å². The van der Waals surface area contributed by atoms with Crippen LogP contribution in [-0.2, 0) is 11.3 Å². The Hall–Kier alpha value is -0.320. The average Bonchev–Trinajstić information content (AvgIpc) is 2.31. The van der Waals surface area contributed by atoms with Gasteiger partial charge >= 0.3 is 0 Å². The Morgan fingerprint density at radius 3 is 2.53 bits per heavy atom. The van der Waals surface area contributed by atoms with Crippen molar-refractivity contribution >= 4 is 23.2 Å². The highest BCUT2D eigenvalue weighted by molar-refractivity contribution is 6.42. The summed E-state index contributed by atoms with van der Waals surface area (Å²) in [6, 6.07) is 5.56. The van der Waals surface area contributed by atoms with E-state index in [1.165, 1.54) is 0 Å². The predicted octanol–water partition coefficient (Wildman–Crippen LogP) is 3.21. The summed E-state index contributed by atoms with van der Waals surface area (Å²) in [4.78, 5) is 2.02. The van der Waals surface area contributed by atoms with Gasteiger partial charge in [0.1, 0.15) is 0 Å². The van der Waals surface area contributed by atoms with Crippen LogP contribution in [-0.4, -0.2) is 42.4 Å². The average molecular weight is 306 g/mol. The maximum Gasteiger partial charge on any atom is 0.0900 e. The molecular formula is C14H21Cl2NO2. The second-order valence-corrected chi connectivity index (χ2v) is 5.80. The number of nitrogens with zero attached hydrogens (tertiary/aromatic N) is 1. The third-order valence-electron chi connectivity index (χ3n) is 2.58. The summed E-state index contributed by atoms with van der Waals surface area (Å²) in [5, 5.41) is 10.9. The summed E-state index contributed by atoms with van der Waals surface area (Å²) in [5.41, 5.74) is 1.06. The summed E-state index contributed by atoms with van der Waals surface area (Å²) in [6.07, 6.45) is -0.356. The van der Waals surface area contributed by atoms with Crippen molar-refractivity contribution in [3.63, 3.8) is 0 Å². The molecule has 0 spiro atoms. The van der Waals surface area contributed by atoms with Gasteiger partial charge in [0, 0.05) is 13.1 Å². The molecule has 0 aliphatic heterocycles. The van der Waals surface area contributed by atoms with Crippen molar-refractivity contribution in [3.8, 4) is 0 Å². The fourth-order valence-corrected chi connectivity index (χ4v) is 2.05. The normalized spacial score (nSPS) is 13.3. The van der Waals surface area contributed by atoms with Gasteiger partial charge < -0.3 is 9.84 Å². The number of hydrogen-bond acceptors (Lipinski definition) is 3. The predicted molar refractivity (Wildman–Crippen MR) is 79.9 cm³/mol. The van der Waals surface area contributed by atoms with Gasteiger partial charge in [0.05, 0.1) is 28.9 Å². The molecule has 0 amide bonds. The SMILES string of the molecule is CC(C)OCC(O)CN(C)Cc1ccc(Cl)c(Cl)c1. The summed E-state index contributed by atoms with van der Waals surface area (Å²) < 4.78 is 5.37. The van der Waals surface area contributed by atoms with E-state index >= 15 is 0 Å². The zero-order valence-corrected chi connectivity index (χ0v) is 13.1. The van der Waals surface area contributed by atoms with Crippen LogP contribution in [0.3, 0.4) is 0 Å². The molecule has 0 aliphatic carbocycles. The molecule has 1 aromatic carbocycles. The van der Waals surface area contributed by atoms with Gasteiger partial charge in [-0.1, -0.05) is 29.3 Å². The lowest BCUT2D eigenvalue weighted by Gasteiger charge is -2.21. The summed E-state index contributed by atoms with van der Waals surface area (Å²) >= 11 is 11.8. The maximum atomic E-state index is 9.83. The molecule has 1 unspecified atom stereocenters. The third kappa shape index (κ3) is 6.59. The van der Waals surface area contributed by atoms with Crippen molar-refractivity contribution in [1.82, 2.24) is 4.90 Å². The Morgan fingerprint density at radius 1 is 1.26 bits per heavy atom.